The fourth-order valence-corrected chi connectivity index (χ4v) is 2.68. The Morgan fingerprint density at radius 1 is 1.40 bits per heavy atom. The van der Waals surface area contributed by atoms with Gasteiger partial charge in [0.25, 0.3) is 0 Å². The Morgan fingerprint density at radius 3 is 2.75 bits per heavy atom. The highest BCUT2D eigenvalue weighted by Gasteiger charge is 2.17. The van der Waals surface area contributed by atoms with Gasteiger partial charge in [0.15, 0.2) is 0 Å². The summed E-state index contributed by atoms with van der Waals surface area (Å²) in [4.78, 5) is 13.9. The molecule has 2 aromatic heterocycles. The van der Waals surface area contributed by atoms with E-state index >= 15 is 0 Å². The molecule has 2 amide bonds. The van der Waals surface area contributed by atoms with Crippen molar-refractivity contribution in [3.63, 3.8) is 0 Å². The van der Waals surface area contributed by atoms with Crippen LogP contribution in [0.5, 0.6) is 0 Å². The van der Waals surface area contributed by atoms with Crippen LogP contribution in [0.1, 0.15) is 11.7 Å². The Bertz CT molecular complexity index is 547. The van der Waals surface area contributed by atoms with Crippen LogP contribution in [-0.4, -0.2) is 36.1 Å². The highest BCUT2D eigenvalue weighted by atomic mass is 32.1. The number of aryl methyl sites for hydroxylation is 1. The fraction of sp³-hybridized carbons (Fsp3) is 0.357. The Balaban J connectivity index is 1.93. The van der Waals surface area contributed by atoms with E-state index < -0.39 is 0 Å². The Hall–Kier alpha value is -1.79. The molecule has 0 saturated carbocycles. The fourth-order valence-electron chi connectivity index (χ4n) is 2.07. The van der Waals surface area contributed by atoms with E-state index in [2.05, 4.69) is 26.2 Å². The smallest absolute Gasteiger partial charge is 0.319 e. The minimum absolute atomic E-state index is 0.143. The molecule has 0 spiro atoms. The molecule has 0 saturated heterocycles. The van der Waals surface area contributed by atoms with E-state index in [1.165, 1.54) is 17.0 Å². The number of thiophene rings is 1. The van der Waals surface area contributed by atoms with Crippen LogP contribution in [-0.2, 0) is 7.05 Å². The van der Waals surface area contributed by atoms with Gasteiger partial charge in [0, 0.05) is 25.5 Å². The second-order valence-electron chi connectivity index (χ2n) is 4.84. The third-order valence-corrected chi connectivity index (χ3v) is 3.95. The first-order valence-electron chi connectivity index (χ1n) is 6.44. The van der Waals surface area contributed by atoms with Gasteiger partial charge in [0.1, 0.15) is 0 Å². The minimum atomic E-state index is -0.173. The van der Waals surface area contributed by atoms with Crippen molar-refractivity contribution in [2.75, 3.05) is 26.0 Å². The number of urea groups is 1. The Labute approximate surface area is 123 Å². The van der Waals surface area contributed by atoms with Crippen molar-refractivity contribution in [1.82, 2.24) is 14.8 Å². The number of hydrogen-bond acceptors (Lipinski definition) is 3. The van der Waals surface area contributed by atoms with E-state index in [-0.39, 0.29) is 12.1 Å². The van der Waals surface area contributed by atoms with Gasteiger partial charge in [-0.15, -0.1) is 11.3 Å². The Morgan fingerprint density at radius 2 is 2.20 bits per heavy atom. The van der Waals surface area contributed by atoms with E-state index in [4.69, 9.17) is 0 Å². The molecule has 0 aromatic carbocycles. The van der Waals surface area contributed by atoms with Crippen LogP contribution in [0.3, 0.4) is 0 Å². The van der Waals surface area contributed by atoms with Crippen molar-refractivity contribution in [2.24, 2.45) is 7.05 Å². The molecule has 20 heavy (non-hydrogen) atoms. The van der Waals surface area contributed by atoms with Crippen LogP contribution in [0.4, 0.5) is 9.80 Å². The van der Waals surface area contributed by atoms with Crippen molar-refractivity contribution in [1.29, 1.82) is 0 Å². The summed E-state index contributed by atoms with van der Waals surface area (Å²) in [6, 6.07) is 7.84. The van der Waals surface area contributed by atoms with Crippen molar-refractivity contribution in [2.45, 2.75) is 6.04 Å². The molecule has 2 N–H and O–H groups in total. The number of nitrogens with one attached hydrogen (secondary N) is 2. The van der Waals surface area contributed by atoms with Gasteiger partial charge in [-0.05, 0) is 43.7 Å². The van der Waals surface area contributed by atoms with Gasteiger partial charge in [0.2, 0.25) is 0 Å². The highest BCUT2D eigenvalue weighted by Crippen LogP contribution is 2.18. The maximum Gasteiger partial charge on any atom is 0.319 e. The number of nitrogens with zero attached hydrogens (tertiary/aromatic N) is 2. The largest absolute Gasteiger partial charge is 0.353 e. The lowest BCUT2D eigenvalue weighted by Crippen LogP contribution is -2.37. The average molecular weight is 292 g/mol. The van der Waals surface area contributed by atoms with Gasteiger partial charge in [-0.3, -0.25) is 10.2 Å². The summed E-state index contributed by atoms with van der Waals surface area (Å²) in [5.74, 6) is 0. The van der Waals surface area contributed by atoms with Crippen LogP contribution in [0, 0.1) is 0 Å². The quantitative estimate of drug-likeness (QED) is 0.889. The van der Waals surface area contributed by atoms with E-state index in [0.29, 0.717) is 6.54 Å². The number of hydrogen-bond donors (Lipinski definition) is 2. The third kappa shape index (κ3) is 3.61. The third-order valence-electron chi connectivity index (χ3n) is 3.16. The van der Waals surface area contributed by atoms with Gasteiger partial charge in [-0.25, -0.2) is 4.79 Å². The SMILES string of the molecule is CN(C)C(CNC(=O)Nc1cccs1)c1cccn1C. The maximum atomic E-state index is 11.9. The number of rotatable bonds is 5. The first kappa shape index (κ1) is 14.6. The highest BCUT2D eigenvalue weighted by molar-refractivity contribution is 7.14. The van der Waals surface area contributed by atoms with Crippen molar-refractivity contribution < 1.29 is 4.79 Å². The zero-order valence-electron chi connectivity index (χ0n) is 12.0. The molecular formula is C14H20N4OS. The van der Waals surface area contributed by atoms with Crippen LogP contribution in [0.25, 0.3) is 0 Å². The van der Waals surface area contributed by atoms with Gasteiger partial charge in [-0.1, -0.05) is 0 Å². The number of aromatic nitrogens is 1. The van der Waals surface area contributed by atoms with Crippen LogP contribution in [0.15, 0.2) is 35.8 Å². The summed E-state index contributed by atoms with van der Waals surface area (Å²) in [6.07, 6.45) is 2.01. The second kappa shape index (κ2) is 6.58. The minimum Gasteiger partial charge on any atom is -0.353 e. The van der Waals surface area contributed by atoms with Crippen LogP contribution in [0.2, 0.25) is 0 Å². The first-order chi connectivity index (χ1) is 9.58. The molecule has 0 aliphatic carbocycles. The standard InChI is InChI=1S/C14H20N4OS/c1-17(2)12(11-6-4-8-18(11)3)10-15-14(19)16-13-7-5-9-20-13/h4-9,12H,10H2,1-3H3,(H2,15,16,19). The molecule has 6 heteroatoms. The maximum absolute atomic E-state index is 11.9. The number of amides is 2. The van der Waals surface area contributed by atoms with E-state index in [9.17, 15) is 4.79 Å². The molecule has 0 fully saturated rings. The molecule has 2 heterocycles. The molecular weight excluding hydrogens is 272 g/mol. The molecule has 0 bridgehead atoms. The van der Waals surface area contributed by atoms with Gasteiger partial charge in [-0.2, -0.15) is 0 Å². The molecule has 2 aromatic rings. The molecule has 0 radical (unpaired) electrons. The van der Waals surface area contributed by atoms with E-state index in [0.717, 1.165) is 5.00 Å². The monoisotopic (exact) mass is 292 g/mol. The van der Waals surface area contributed by atoms with E-state index in [1.807, 2.05) is 50.9 Å². The van der Waals surface area contributed by atoms with Crippen LogP contribution >= 0.6 is 11.3 Å². The van der Waals surface area contributed by atoms with Gasteiger partial charge < -0.3 is 9.88 Å². The predicted octanol–water partition coefficient (Wildman–Crippen LogP) is 2.51. The first-order valence-corrected chi connectivity index (χ1v) is 7.32. The second-order valence-corrected chi connectivity index (χ2v) is 5.78. The lowest BCUT2D eigenvalue weighted by Gasteiger charge is -2.25. The summed E-state index contributed by atoms with van der Waals surface area (Å²) in [5, 5.41) is 8.52. The molecule has 0 aliphatic rings. The van der Waals surface area contributed by atoms with Gasteiger partial charge >= 0.3 is 6.03 Å². The summed E-state index contributed by atoms with van der Waals surface area (Å²) in [5.41, 5.74) is 1.17. The molecule has 1 atom stereocenters. The number of carbonyl (C=O) groups excluding carboxylic acids is 1. The van der Waals surface area contributed by atoms with Gasteiger partial charge in [0.05, 0.1) is 11.0 Å². The van der Waals surface area contributed by atoms with Crippen LogP contribution < -0.4 is 10.6 Å². The average Bonchev–Trinajstić information content (AvgIpc) is 3.02. The topological polar surface area (TPSA) is 49.3 Å². The summed E-state index contributed by atoms with van der Waals surface area (Å²) < 4.78 is 2.07. The van der Waals surface area contributed by atoms with E-state index in [1.54, 1.807) is 0 Å². The summed E-state index contributed by atoms with van der Waals surface area (Å²) in [6.45, 7) is 0.558. The number of carbonyl (C=O) groups is 1. The number of likely N-dealkylation sites (N-methyl/N-ethyl adjacent to an activating group) is 1. The lowest BCUT2D eigenvalue weighted by molar-refractivity contribution is 0.241. The van der Waals surface area contributed by atoms with Crippen molar-refractivity contribution in [3.8, 4) is 0 Å². The predicted molar refractivity (Wildman–Crippen MR) is 83.2 cm³/mol. The summed E-state index contributed by atoms with van der Waals surface area (Å²) in [7, 11) is 6.03. The van der Waals surface area contributed by atoms with Crippen molar-refractivity contribution >= 4 is 22.4 Å². The molecule has 108 valence electrons. The summed E-state index contributed by atoms with van der Waals surface area (Å²) >= 11 is 1.51. The molecule has 2 rings (SSSR count). The number of anilines is 1. The van der Waals surface area contributed by atoms with Crippen molar-refractivity contribution in [3.05, 3.63) is 41.5 Å². The molecule has 5 nitrogen and oxygen atoms in total. The lowest BCUT2D eigenvalue weighted by atomic mass is 10.2. The zero-order chi connectivity index (χ0) is 14.5. The zero-order valence-corrected chi connectivity index (χ0v) is 12.8. The molecule has 0 aliphatic heterocycles. The molecule has 1 unspecified atom stereocenters. The normalized spacial score (nSPS) is 12.4. The Kier molecular flexibility index (Phi) is 4.81.